The van der Waals surface area contributed by atoms with E-state index >= 15 is 0 Å². The number of hydrogen-bond acceptors (Lipinski definition) is 3. The van der Waals surface area contributed by atoms with Gasteiger partial charge in [-0.05, 0) is 12.1 Å². The number of rotatable bonds is 3. The molecule has 0 amide bonds. The molecule has 1 rings (SSSR count). The van der Waals surface area contributed by atoms with Gasteiger partial charge in [0.1, 0.15) is 6.07 Å². The largest absolute Gasteiger partial charge is 0.372 e. The average molecular weight is 185 g/mol. The van der Waals surface area contributed by atoms with E-state index in [9.17, 15) is 0 Å². The molecule has 0 saturated heterocycles. The summed E-state index contributed by atoms with van der Waals surface area (Å²) >= 11 is 0. The summed E-state index contributed by atoms with van der Waals surface area (Å²) in [6, 6.07) is 11.6. The Balaban J connectivity index is 2.85. The first-order valence-electron chi connectivity index (χ1n) is 4.37. The number of benzene rings is 1. The molecule has 0 fully saturated rings. The van der Waals surface area contributed by atoms with Crippen molar-refractivity contribution >= 4 is 5.69 Å². The summed E-state index contributed by atoms with van der Waals surface area (Å²) in [6.07, 6.45) is 0.469. The fraction of sp³-hybridized carbons (Fsp3) is 0.273. The highest BCUT2D eigenvalue weighted by atomic mass is 15.1. The van der Waals surface area contributed by atoms with Crippen LogP contribution in [0, 0.1) is 22.7 Å². The Morgan fingerprint density at radius 1 is 1.29 bits per heavy atom. The van der Waals surface area contributed by atoms with Crippen molar-refractivity contribution in [1.29, 1.82) is 10.5 Å². The van der Waals surface area contributed by atoms with Gasteiger partial charge in [-0.25, -0.2) is 0 Å². The zero-order valence-corrected chi connectivity index (χ0v) is 8.07. The first-order chi connectivity index (χ1) is 6.79. The Bertz CT molecular complexity index is 384. The molecule has 70 valence electrons. The van der Waals surface area contributed by atoms with Crippen LogP contribution in [0.2, 0.25) is 0 Å². The zero-order valence-electron chi connectivity index (χ0n) is 8.07. The molecule has 0 atom stereocenters. The molecule has 14 heavy (non-hydrogen) atoms. The van der Waals surface area contributed by atoms with Gasteiger partial charge < -0.3 is 4.90 Å². The molecule has 0 unspecified atom stereocenters. The lowest BCUT2D eigenvalue weighted by atomic mass is 10.2. The van der Waals surface area contributed by atoms with Gasteiger partial charge in [0.05, 0.1) is 23.7 Å². The van der Waals surface area contributed by atoms with Gasteiger partial charge in [-0.15, -0.1) is 0 Å². The number of para-hydroxylation sites is 1. The Morgan fingerprint density at radius 2 is 2.00 bits per heavy atom. The van der Waals surface area contributed by atoms with Crippen LogP contribution < -0.4 is 4.90 Å². The Morgan fingerprint density at radius 3 is 2.64 bits per heavy atom. The van der Waals surface area contributed by atoms with Gasteiger partial charge >= 0.3 is 0 Å². The van der Waals surface area contributed by atoms with E-state index in [0.29, 0.717) is 18.5 Å². The molecule has 3 nitrogen and oxygen atoms in total. The third kappa shape index (κ3) is 2.24. The van der Waals surface area contributed by atoms with Crippen LogP contribution >= 0.6 is 0 Å². The molecule has 0 N–H and O–H groups in total. The van der Waals surface area contributed by atoms with Crippen LogP contribution in [0.1, 0.15) is 12.0 Å². The van der Waals surface area contributed by atoms with E-state index in [-0.39, 0.29) is 0 Å². The van der Waals surface area contributed by atoms with Gasteiger partial charge in [-0.1, -0.05) is 12.1 Å². The topological polar surface area (TPSA) is 50.8 Å². The van der Waals surface area contributed by atoms with Crippen molar-refractivity contribution < 1.29 is 0 Å². The summed E-state index contributed by atoms with van der Waals surface area (Å²) in [5.41, 5.74) is 1.53. The van der Waals surface area contributed by atoms with Crippen molar-refractivity contribution in [3.05, 3.63) is 29.8 Å². The van der Waals surface area contributed by atoms with Crippen molar-refractivity contribution in [2.24, 2.45) is 0 Å². The van der Waals surface area contributed by atoms with Gasteiger partial charge in [0, 0.05) is 13.6 Å². The molecular weight excluding hydrogens is 174 g/mol. The zero-order chi connectivity index (χ0) is 10.4. The van der Waals surface area contributed by atoms with Crippen LogP contribution in [0.25, 0.3) is 0 Å². The molecule has 0 bridgehead atoms. The highest BCUT2D eigenvalue weighted by molar-refractivity contribution is 5.58. The minimum atomic E-state index is 0.469. The molecule has 1 aromatic carbocycles. The second-order valence-electron chi connectivity index (χ2n) is 2.96. The van der Waals surface area contributed by atoms with Gasteiger partial charge in [0.25, 0.3) is 0 Å². The first-order valence-corrected chi connectivity index (χ1v) is 4.37. The molecule has 0 aliphatic carbocycles. The Kier molecular flexibility index (Phi) is 3.52. The quantitative estimate of drug-likeness (QED) is 0.722. The maximum absolute atomic E-state index is 8.85. The highest BCUT2D eigenvalue weighted by Gasteiger charge is 2.04. The van der Waals surface area contributed by atoms with Crippen molar-refractivity contribution in [3.8, 4) is 12.1 Å². The van der Waals surface area contributed by atoms with E-state index in [0.717, 1.165) is 5.69 Å². The third-order valence-corrected chi connectivity index (χ3v) is 1.99. The number of nitriles is 2. The van der Waals surface area contributed by atoms with Crippen LogP contribution in [0.4, 0.5) is 5.69 Å². The molecule has 3 heteroatoms. The molecule has 0 aliphatic heterocycles. The van der Waals surface area contributed by atoms with E-state index in [1.165, 1.54) is 0 Å². The molecule has 0 aromatic heterocycles. The van der Waals surface area contributed by atoms with Crippen molar-refractivity contribution in [1.82, 2.24) is 0 Å². The summed E-state index contributed by atoms with van der Waals surface area (Å²) in [7, 11) is 1.88. The number of anilines is 1. The fourth-order valence-corrected chi connectivity index (χ4v) is 1.24. The molecule has 0 saturated carbocycles. The summed E-state index contributed by atoms with van der Waals surface area (Å²) in [5, 5.41) is 17.3. The predicted octanol–water partition coefficient (Wildman–Crippen LogP) is 1.91. The maximum Gasteiger partial charge on any atom is 0.101 e. The van der Waals surface area contributed by atoms with Crippen molar-refractivity contribution in [3.63, 3.8) is 0 Å². The normalized spacial score (nSPS) is 8.79. The predicted molar refractivity (Wildman–Crippen MR) is 54.7 cm³/mol. The molecule has 0 heterocycles. The first kappa shape index (κ1) is 10.1. The van der Waals surface area contributed by atoms with Gasteiger partial charge in [0.2, 0.25) is 0 Å². The molecule has 0 radical (unpaired) electrons. The minimum absolute atomic E-state index is 0.469. The van der Waals surface area contributed by atoms with Crippen LogP contribution in [-0.2, 0) is 0 Å². The van der Waals surface area contributed by atoms with E-state index in [1.807, 2.05) is 30.1 Å². The van der Waals surface area contributed by atoms with E-state index in [1.54, 1.807) is 6.07 Å². The second-order valence-corrected chi connectivity index (χ2v) is 2.96. The molecule has 0 aliphatic rings. The lowest BCUT2D eigenvalue weighted by Gasteiger charge is -2.18. The number of hydrogen-bond donors (Lipinski definition) is 0. The van der Waals surface area contributed by atoms with Crippen LogP contribution in [-0.4, -0.2) is 13.6 Å². The lowest BCUT2D eigenvalue weighted by Crippen LogP contribution is -2.18. The summed E-state index contributed by atoms with van der Waals surface area (Å²) < 4.78 is 0. The van der Waals surface area contributed by atoms with Crippen molar-refractivity contribution in [2.75, 3.05) is 18.5 Å². The molecule has 1 aromatic rings. The molecule has 0 spiro atoms. The van der Waals surface area contributed by atoms with Gasteiger partial charge in [-0.2, -0.15) is 10.5 Å². The Labute approximate surface area is 83.8 Å². The second kappa shape index (κ2) is 4.89. The van der Waals surface area contributed by atoms with Crippen LogP contribution in [0.5, 0.6) is 0 Å². The monoisotopic (exact) mass is 185 g/mol. The van der Waals surface area contributed by atoms with E-state index in [4.69, 9.17) is 10.5 Å². The van der Waals surface area contributed by atoms with E-state index in [2.05, 4.69) is 12.1 Å². The maximum atomic E-state index is 8.85. The van der Waals surface area contributed by atoms with Crippen LogP contribution in [0.3, 0.4) is 0 Å². The highest BCUT2D eigenvalue weighted by Crippen LogP contribution is 2.17. The smallest absolute Gasteiger partial charge is 0.101 e. The summed E-state index contributed by atoms with van der Waals surface area (Å²) in [6.45, 7) is 0.648. The van der Waals surface area contributed by atoms with Crippen molar-refractivity contribution in [2.45, 2.75) is 6.42 Å². The minimum Gasteiger partial charge on any atom is -0.372 e. The van der Waals surface area contributed by atoms with Crippen LogP contribution in [0.15, 0.2) is 24.3 Å². The third-order valence-electron chi connectivity index (χ3n) is 1.99. The van der Waals surface area contributed by atoms with Gasteiger partial charge in [-0.3, -0.25) is 0 Å². The fourth-order valence-electron chi connectivity index (χ4n) is 1.24. The van der Waals surface area contributed by atoms with E-state index < -0.39 is 0 Å². The average Bonchev–Trinajstić information content (AvgIpc) is 2.25. The van der Waals surface area contributed by atoms with Gasteiger partial charge in [0.15, 0.2) is 0 Å². The lowest BCUT2D eigenvalue weighted by molar-refractivity contribution is 0.903. The summed E-state index contributed by atoms with van der Waals surface area (Å²) in [5.74, 6) is 0. The standard InChI is InChI=1S/C11H11N3/c1-14(8-4-7-12)11-6-3-2-5-10(11)9-13/h2-3,5-6H,4,8H2,1H3. The SMILES string of the molecule is CN(CCC#N)c1ccccc1C#N. The summed E-state index contributed by atoms with van der Waals surface area (Å²) in [4.78, 5) is 1.92. The molecular formula is C11H11N3. The number of nitrogens with zero attached hydrogens (tertiary/aromatic N) is 3. The Hall–Kier alpha value is -2.00.